The third-order valence-corrected chi connectivity index (χ3v) is 4.31. The van der Waals surface area contributed by atoms with Gasteiger partial charge in [0.1, 0.15) is 5.69 Å². The second kappa shape index (κ2) is 6.87. The number of hydrogen-bond acceptors (Lipinski definition) is 4. The van der Waals surface area contributed by atoms with E-state index in [0.717, 1.165) is 0 Å². The van der Waals surface area contributed by atoms with Gasteiger partial charge in [0, 0.05) is 7.05 Å². The number of amides is 2. The Hall–Kier alpha value is -3.89. The van der Waals surface area contributed by atoms with Gasteiger partial charge in [0.2, 0.25) is 0 Å². The maximum absolute atomic E-state index is 13.7. The molecule has 8 nitrogen and oxygen atoms in total. The molecule has 30 heavy (non-hydrogen) atoms. The van der Waals surface area contributed by atoms with Crippen LogP contribution in [0.2, 0.25) is 0 Å². The van der Waals surface area contributed by atoms with E-state index >= 15 is 0 Å². The Labute approximate surface area is 167 Å². The zero-order valence-electron chi connectivity index (χ0n) is 15.4. The van der Waals surface area contributed by atoms with Crippen molar-refractivity contribution in [2.24, 2.45) is 7.05 Å². The lowest BCUT2D eigenvalue weighted by atomic mass is 10.3. The van der Waals surface area contributed by atoms with Gasteiger partial charge in [-0.2, -0.15) is 13.2 Å². The van der Waals surface area contributed by atoms with E-state index in [1.807, 2.05) is 0 Å². The van der Waals surface area contributed by atoms with Crippen molar-refractivity contribution in [2.75, 3.05) is 5.32 Å². The summed E-state index contributed by atoms with van der Waals surface area (Å²) in [7, 11) is 1.55. The Morgan fingerprint density at radius 2 is 1.57 bits per heavy atom. The number of aromatic nitrogens is 2. The van der Waals surface area contributed by atoms with E-state index in [0.29, 0.717) is 5.69 Å². The van der Waals surface area contributed by atoms with Crippen molar-refractivity contribution in [2.45, 2.75) is 12.1 Å². The van der Waals surface area contributed by atoms with Crippen molar-refractivity contribution in [1.29, 1.82) is 0 Å². The molecule has 0 bridgehead atoms. The Kier molecular flexibility index (Phi) is 4.45. The van der Waals surface area contributed by atoms with Crippen LogP contribution in [0.25, 0.3) is 5.69 Å². The molecule has 2 amide bonds. The lowest BCUT2D eigenvalue weighted by molar-refractivity contribution is -0.317. The molecule has 0 saturated heterocycles. The number of nitrogens with zero attached hydrogens (tertiary/aromatic N) is 2. The summed E-state index contributed by atoms with van der Waals surface area (Å²) in [6.07, 6.45) is -3.83. The maximum atomic E-state index is 13.7. The molecule has 1 aromatic heterocycles. The van der Waals surface area contributed by atoms with Crippen LogP contribution in [-0.4, -0.2) is 27.5 Å². The first-order valence-electron chi connectivity index (χ1n) is 8.67. The third kappa shape index (κ3) is 3.23. The van der Waals surface area contributed by atoms with Gasteiger partial charge in [0.15, 0.2) is 11.5 Å². The number of hydrogen-bond donors (Lipinski definition) is 2. The average molecular weight is 420 g/mol. The van der Waals surface area contributed by atoms with E-state index < -0.39 is 23.7 Å². The molecule has 1 aliphatic heterocycles. The van der Waals surface area contributed by atoms with Crippen LogP contribution in [-0.2, 0) is 7.05 Å². The first-order valence-corrected chi connectivity index (χ1v) is 8.67. The molecule has 156 valence electrons. The summed E-state index contributed by atoms with van der Waals surface area (Å²) in [5.74, 6) is -3.78. The number of nitrogens with one attached hydrogen (secondary N) is 2. The molecule has 0 fully saturated rings. The summed E-state index contributed by atoms with van der Waals surface area (Å²) in [5.41, 5.74) is -0.341. The number of urea groups is 1. The molecule has 0 unspecified atom stereocenters. The van der Waals surface area contributed by atoms with Gasteiger partial charge in [-0.05, 0) is 24.3 Å². The number of carbonyl (C=O) groups is 1. The molecule has 0 spiro atoms. The number of halogens is 3. The van der Waals surface area contributed by atoms with Crippen LogP contribution in [0.15, 0.2) is 65.6 Å². The van der Waals surface area contributed by atoms with Gasteiger partial charge in [-0.15, -0.1) is 0 Å². The van der Waals surface area contributed by atoms with Crippen molar-refractivity contribution in [3.05, 3.63) is 71.1 Å². The van der Waals surface area contributed by atoms with Crippen LogP contribution >= 0.6 is 0 Å². The van der Waals surface area contributed by atoms with E-state index in [4.69, 9.17) is 9.47 Å². The number of para-hydroxylation sites is 3. The van der Waals surface area contributed by atoms with Gasteiger partial charge in [0.05, 0.1) is 11.9 Å². The molecule has 2 N–H and O–H groups in total. The molecule has 0 saturated carbocycles. The fraction of sp³-hybridized carbons (Fsp3) is 0.158. The standard InChI is InChI=1S/C19H15F3N4O4/c1-25-11-13(16(27)26(25)12-7-3-2-4-8-12)23-17(28)24-19(18(20,21)22)29-14-9-5-6-10-15(14)30-19/h2-11H,1H3,(H2,23,24,28). The minimum atomic E-state index is -5.11. The first kappa shape index (κ1) is 19.4. The number of alkyl halides is 3. The van der Waals surface area contributed by atoms with Gasteiger partial charge in [-0.25, -0.2) is 9.48 Å². The molecule has 0 atom stereocenters. The highest BCUT2D eigenvalue weighted by molar-refractivity contribution is 5.89. The molecule has 0 aliphatic carbocycles. The van der Waals surface area contributed by atoms with Gasteiger partial charge >= 0.3 is 18.1 Å². The predicted molar refractivity (Wildman–Crippen MR) is 99.6 cm³/mol. The van der Waals surface area contributed by atoms with E-state index in [9.17, 15) is 22.8 Å². The predicted octanol–water partition coefficient (Wildman–Crippen LogP) is 2.99. The van der Waals surface area contributed by atoms with Gasteiger partial charge in [0.25, 0.3) is 5.56 Å². The number of carbonyl (C=O) groups excluding carboxylic acids is 1. The molecule has 3 aromatic rings. The Balaban J connectivity index is 1.58. The Bertz CT molecular complexity index is 1130. The minimum absolute atomic E-state index is 0.179. The maximum Gasteiger partial charge on any atom is 0.492 e. The van der Waals surface area contributed by atoms with E-state index in [2.05, 4.69) is 5.32 Å². The smallest absolute Gasteiger partial charge is 0.424 e. The number of aryl methyl sites for hydroxylation is 1. The molecular formula is C19H15F3N4O4. The molecular weight excluding hydrogens is 405 g/mol. The minimum Gasteiger partial charge on any atom is -0.424 e. The summed E-state index contributed by atoms with van der Waals surface area (Å²) in [6, 6.07) is 12.7. The van der Waals surface area contributed by atoms with Crippen LogP contribution in [0, 0.1) is 0 Å². The largest absolute Gasteiger partial charge is 0.492 e. The first-order chi connectivity index (χ1) is 14.2. The quantitative estimate of drug-likeness (QED) is 0.682. The van der Waals surface area contributed by atoms with Gasteiger partial charge in [-0.3, -0.25) is 14.8 Å². The van der Waals surface area contributed by atoms with Crippen molar-refractivity contribution < 1.29 is 27.4 Å². The summed E-state index contributed by atoms with van der Waals surface area (Å²) in [6.45, 7) is 0. The van der Waals surface area contributed by atoms with Crippen molar-refractivity contribution in [1.82, 2.24) is 14.7 Å². The zero-order chi connectivity index (χ0) is 21.5. The fourth-order valence-electron chi connectivity index (χ4n) is 3.00. The highest BCUT2D eigenvalue weighted by Gasteiger charge is 2.65. The number of benzene rings is 2. The third-order valence-electron chi connectivity index (χ3n) is 4.31. The summed E-state index contributed by atoms with van der Waals surface area (Å²) >= 11 is 0. The van der Waals surface area contributed by atoms with Crippen molar-refractivity contribution in [3.8, 4) is 17.2 Å². The summed E-state index contributed by atoms with van der Waals surface area (Å²) in [4.78, 5) is 25.0. The summed E-state index contributed by atoms with van der Waals surface area (Å²) < 4.78 is 53.5. The fourth-order valence-corrected chi connectivity index (χ4v) is 3.00. The monoisotopic (exact) mass is 420 g/mol. The van der Waals surface area contributed by atoms with Crippen molar-refractivity contribution in [3.63, 3.8) is 0 Å². The van der Waals surface area contributed by atoms with Crippen LogP contribution in [0.3, 0.4) is 0 Å². The molecule has 11 heteroatoms. The Morgan fingerprint density at radius 1 is 1.00 bits per heavy atom. The highest BCUT2D eigenvalue weighted by Crippen LogP contribution is 2.44. The molecule has 2 aromatic carbocycles. The molecule has 4 rings (SSSR count). The number of fused-ring (bicyclic) bond motifs is 1. The van der Waals surface area contributed by atoms with Gasteiger partial charge in [-0.1, -0.05) is 30.3 Å². The van der Waals surface area contributed by atoms with Crippen LogP contribution < -0.4 is 25.7 Å². The topological polar surface area (TPSA) is 86.5 Å². The second-order valence-electron chi connectivity index (χ2n) is 6.41. The molecule has 1 aliphatic rings. The van der Waals surface area contributed by atoms with Crippen LogP contribution in [0.1, 0.15) is 0 Å². The van der Waals surface area contributed by atoms with Crippen LogP contribution in [0.5, 0.6) is 11.5 Å². The highest BCUT2D eigenvalue weighted by atomic mass is 19.4. The van der Waals surface area contributed by atoms with E-state index in [1.165, 1.54) is 39.8 Å². The summed E-state index contributed by atoms with van der Waals surface area (Å²) in [5, 5.41) is 3.77. The normalized spacial score (nSPS) is 14.4. The van der Waals surface area contributed by atoms with Gasteiger partial charge < -0.3 is 14.8 Å². The number of rotatable bonds is 3. The number of anilines is 1. The lowest BCUT2D eigenvalue weighted by Gasteiger charge is -2.29. The zero-order valence-corrected chi connectivity index (χ0v) is 15.4. The number of ether oxygens (including phenoxy) is 2. The SMILES string of the molecule is Cn1cc(NC(=O)NC2(C(F)(F)F)Oc3ccccc3O2)c(=O)n1-c1ccccc1. The average Bonchev–Trinajstić information content (AvgIpc) is 3.19. The second-order valence-corrected chi connectivity index (χ2v) is 6.41. The Morgan fingerprint density at radius 3 is 2.13 bits per heavy atom. The van der Waals surface area contributed by atoms with E-state index in [-0.39, 0.29) is 17.2 Å². The van der Waals surface area contributed by atoms with Crippen molar-refractivity contribution >= 4 is 11.7 Å². The van der Waals surface area contributed by atoms with E-state index in [1.54, 1.807) is 42.7 Å². The molecule has 0 radical (unpaired) electrons. The molecule has 2 heterocycles. The lowest BCUT2D eigenvalue weighted by Crippen LogP contribution is -2.65. The van der Waals surface area contributed by atoms with Crippen LogP contribution in [0.4, 0.5) is 23.7 Å².